The lowest BCUT2D eigenvalue weighted by Gasteiger charge is -2.37. The van der Waals surface area contributed by atoms with Crippen molar-refractivity contribution in [1.82, 2.24) is 0 Å². The molecule has 3 aliphatic rings. The molecule has 0 aliphatic heterocycles. The van der Waals surface area contributed by atoms with E-state index < -0.39 is 0 Å². The van der Waals surface area contributed by atoms with Crippen molar-refractivity contribution in [1.29, 1.82) is 0 Å². The Hall–Kier alpha value is 0.0649. The summed E-state index contributed by atoms with van der Waals surface area (Å²) in [6.45, 7) is 0. The van der Waals surface area contributed by atoms with Gasteiger partial charge in [0.05, 0.1) is 7.85 Å². The van der Waals surface area contributed by atoms with Crippen LogP contribution in [0.2, 0.25) is 5.82 Å². The van der Waals surface area contributed by atoms with E-state index in [0.717, 1.165) is 23.7 Å². The molecule has 0 spiro atoms. The van der Waals surface area contributed by atoms with Crippen molar-refractivity contribution in [3.8, 4) is 0 Å². The van der Waals surface area contributed by atoms with E-state index in [1.54, 1.807) is 38.5 Å². The average molecular weight is 272 g/mol. The van der Waals surface area contributed by atoms with Gasteiger partial charge in [-0.05, 0) is 42.9 Å². The Morgan fingerprint density at radius 1 is 0.550 bits per heavy atom. The number of hydrogen-bond acceptors (Lipinski definition) is 0. The third-order valence-corrected chi connectivity index (χ3v) is 6.77. The van der Waals surface area contributed by atoms with Crippen molar-refractivity contribution in [3.05, 3.63) is 0 Å². The van der Waals surface area contributed by atoms with Gasteiger partial charge in [-0.15, -0.1) is 0 Å². The molecule has 0 nitrogen and oxygen atoms in total. The van der Waals surface area contributed by atoms with Crippen LogP contribution in [0.5, 0.6) is 0 Å². The van der Waals surface area contributed by atoms with Crippen molar-refractivity contribution >= 4 is 7.85 Å². The number of hydrogen-bond donors (Lipinski definition) is 0. The average Bonchev–Trinajstić information content (AvgIpc) is 2.51. The van der Waals surface area contributed by atoms with E-state index in [0.29, 0.717) is 5.82 Å². The second-order valence-electron chi connectivity index (χ2n) is 8.20. The van der Waals surface area contributed by atoms with Gasteiger partial charge in [0.25, 0.3) is 0 Å². The zero-order chi connectivity index (χ0) is 13.8. The molecule has 0 unspecified atom stereocenters. The smallest absolute Gasteiger partial charge is 0.0699 e. The van der Waals surface area contributed by atoms with E-state index in [2.05, 4.69) is 0 Å². The van der Waals surface area contributed by atoms with Crippen LogP contribution < -0.4 is 0 Å². The molecule has 0 N–H and O–H groups in total. The zero-order valence-corrected chi connectivity index (χ0v) is 13.4. The lowest BCUT2D eigenvalue weighted by molar-refractivity contribution is 0.149. The third kappa shape index (κ3) is 4.04. The monoisotopic (exact) mass is 272 g/mol. The van der Waals surface area contributed by atoms with Crippen molar-refractivity contribution in [2.75, 3.05) is 0 Å². The summed E-state index contributed by atoms with van der Waals surface area (Å²) in [6, 6.07) is 0. The van der Waals surface area contributed by atoms with Gasteiger partial charge < -0.3 is 0 Å². The Balaban J connectivity index is 1.37. The van der Waals surface area contributed by atoms with Gasteiger partial charge in [-0.1, -0.05) is 76.4 Å². The fourth-order valence-corrected chi connectivity index (χ4v) is 5.40. The van der Waals surface area contributed by atoms with Crippen LogP contribution >= 0.6 is 0 Å². The highest BCUT2D eigenvalue weighted by Crippen LogP contribution is 2.43. The molecule has 0 heterocycles. The molecule has 0 bridgehead atoms. The summed E-state index contributed by atoms with van der Waals surface area (Å²) in [7, 11) is 6.03. The first-order valence-corrected chi connectivity index (χ1v) is 9.57. The van der Waals surface area contributed by atoms with Crippen LogP contribution in [0.15, 0.2) is 0 Å². The normalized spacial score (nSPS) is 40.6. The summed E-state index contributed by atoms with van der Waals surface area (Å²) in [6.07, 6.45) is 20.8. The highest BCUT2D eigenvalue weighted by Gasteiger charge is 2.30. The van der Waals surface area contributed by atoms with Gasteiger partial charge in [-0.25, -0.2) is 0 Å². The first-order valence-electron chi connectivity index (χ1n) is 9.57. The summed E-state index contributed by atoms with van der Waals surface area (Å²) in [5, 5.41) is 0. The molecule has 0 aromatic carbocycles. The Labute approximate surface area is 127 Å². The largest absolute Gasteiger partial charge is 0.0774 e. The van der Waals surface area contributed by atoms with Crippen LogP contribution in [0.1, 0.15) is 89.9 Å². The van der Waals surface area contributed by atoms with Gasteiger partial charge in [0.1, 0.15) is 0 Å². The fourth-order valence-electron chi connectivity index (χ4n) is 5.40. The van der Waals surface area contributed by atoms with Crippen LogP contribution in [-0.4, -0.2) is 7.85 Å². The first kappa shape index (κ1) is 15.0. The topological polar surface area (TPSA) is 0 Å². The third-order valence-electron chi connectivity index (χ3n) is 6.77. The Morgan fingerprint density at radius 2 is 1.05 bits per heavy atom. The van der Waals surface area contributed by atoms with Crippen molar-refractivity contribution < 1.29 is 0 Å². The quantitative estimate of drug-likeness (QED) is 0.560. The lowest BCUT2D eigenvalue weighted by atomic mass is 9.67. The fraction of sp³-hybridized carbons (Fsp3) is 1.00. The van der Waals surface area contributed by atoms with Crippen LogP contribution in [-0.2, 0) is 0 Å². The minimum atomic E-state index is 0.522. The maximum atomic E-state index is 6.03. The molecule has 20 heavy (non-hydrogen) atoms. The second kappa shape index (κ2) is 7.36. The van der Waals surface area contributed by atoms with E-state index >= 15 is 0 Å². The highest BCUT2D eigenvalue weighted by molar-refractivity contribution is 6.11. The molecule has 2 radical (unpaired) electrons. The van der Waals surface area contributed by atoms with E-state index in [1.807, 2.05) is 0 Å². The van der Waals surface area contributed by atoms with Crippen LogP contribution in [0, 0.1) is 23.7 Å². The molecule has 0 amide bonds. The SMILES string of the molecule is [B]C1CCC(CC2CCC(C3CCCCC3)CC2)CC1. The maximum Gasteiger partial charge on any atom is 0.0699 e. The highest BCUT2D eigenvalue weighted by atomic mass is 14.4. The van der Waals surface area contributed by atoms with E-state index in [1.165, 1.54) is 51.4 Å². The van der Waals surface area contributed by atoms with Gasteiger partial charge in [-0.3, -0.25) is 0 Å². The molecular formula is C19H33B. The van der Waals surface area contributed by atoms with Crippen molar-refractivity contribution in [2.24, 2.45) is 23.7 Å². The predicted molar refractivity (Wildman–Crippen MR) is 88.1 cm³/mol. The second-order valence-corrected chi connectivity index (χ2v) is 8.20. The molecule has 3 fully saturated rings. The first-order chi connectivity index (χ1) is 9.81. The maximum absolute atomic E-state index is 6.03. The van der Waals surface area contributed by atoms with E-state index in [-0.39, 0.29) is 0 Å². The molecule has 0 aromatic rings. The van der Waals surface area contributed by atoms with Crippen molar-refractivity contribution in [3.63, 3.8) is 0 Å². The Bertz CT molecular complexity index is 265. The minimum absolute atomic E-state index is 0.522. The summed E-state index contributed by atoms with van der Waals surface area (Å²) < 4.78 is 0. The molecule has 3 rings (SSSR count). The molecule has 112 valence electrons. The molecular weight excluding hydrogens is 239 g/mol. The Kier molecular flexibility index (Phi) is 5.52. The van der Waals surface area contributed by atoms with Gasteiger partial charge in [-0.2, -0.15) is 0 Å². The predicted octanol–water partition coefficient (Wildman–Crippen LogP) is 5.91. The summed E-state index contributed by atoms with van der Waals surface area (Å²) in [5.41, 5.74) is 0. The van der Waals surface area contributed by atoms with Gasteiger partial charge in [0.2, 0.25) is 0 Å². The lowest BCUT2D eigenvalue weighted by Crippen LogP contribution is -2.25. The van der Waals surface area contributed by atoms with Crippen LogP contribution in [0.25, 0.3) is 0 Å². The standard InChI is InChI=1S/C19H33B/c20-19-12-8-16(9-13-19)14-15-6-10-18(11-7-15)17-4-2-1-3-5-17/h15-19H,1-14H2. The zero-order valence-electron chi connectivity index (χ0n) is 13.4. The molecule has 0 aromatic heterocycles. The summed E-state index contributed by atoms with van der Waals surface area (Å²) in [5.74, 6) is 4.82. The van der Waals surface area contributed by atoms with Gasteiger partial charge in [0, 0.05) is 0 Å². The molecule has 3 saturated carbocycles. The number of rotatable bonds is 3. The molecule has 0 saturated heterocycles. The van der Waals surface area contributed by atoms with Gasteiger partial charge in [0.15, 0.2) is 0 Å². The molecule has 3 aliphatic carbocycles. The van der Waals surface area contributed by atoms with Crippen LogP contribution in [0.4, 0.5) is 0 Å². The van der Waals surface area contributed by atoms with Crippen molar-refractivity contribution in [2.45, 2.75) is 95.7 Å². The van der Waals surface area contributed by atoms with E-state index in [4.69, 9.17) is 7.85 Å². The summed E-state index contributed by atoms with van der Waals surface area (Å²) in [4.78, 5) is 0. The molecule has 0 atom stereocenters. The van der Waals surface area contributed by atoms with Gasteiger partial charge >= 0.3 is 0 Å². The molecule has 1 heteroatoms. The van der Waals surface area contributed by atoms with E-state index in [9.17, 15) is 0 Å². The Morgan fingerprint density at radius 3 is 1.65 bits per heavy atom. The summed E-state index contributed by atoms with van der Waals surface area (Å²) >= 11 is 0. The van der Waals surface area contributed by atoms with Crippen LogP contribution in [0.3, 0.4) is 0 Å². The minimum Gasteiger partial charge on any atom is -0.0774 e.